The third-order valence-corrected chi connectivity index (χ3v) is 5.18. The molecule has 2 aromatic carbocycles. The quantitative estimate of drug-likeness (QED) is 0.745. The van der Waals surface area contributed by atoms with Gasteiger partial charge in [-0.1, -0.05) is 60.2 Å². The molecular formula is C23H25N5O. The Morgan fingerprint density at radius 2 is 1.62 bits per heavy atom. The lowest BCUT2D eigenvalue weighted by atomic mass is 10.1. The Morgan fingerprint density at radius 1 is 0.897 bits per heavy atom. The van der Waals surface area contributed by atoms with Crippen molar-refractivity contribution in [3.8, 4) is 11.3 Å². The number of hydrogen-bond donors (Lipinski definition) is 1. The molecule has 0 aliphatic carbocycles. The van der Waals surface area contributed by atoms with Crippen LogP contribution in [0.15, 0.2) is 66.7 Å². The van der Waals surface area contributed by atoms with Crippen LogP contribution >= 0.6 is 0 Å². The van der Waals surface area contributed by atoms with Gasteiger partial charge in [0.05, 0.1) is 5.69 Å². The summed E-state index contributed by atoms with van der Waals surface area (Å²) in [6.45, 7) is 5.45. The maximum atomic E-state index is 12.4. The average Bonchev–Trinajstić information content (AvgIpc) is 2.79. The zero-order valence-corrected chi connectivity index (χ0v) is 16.6. The molecule has 0 radical (unpaired) electrons. The molecule has 148 valence electrons. The number of carbonyl (C=O) groups is 1. The summed E-state index contributed by atoms with van der Waals surface area (Å²) in [6, 6.07) is 22.2. The number of amides is 2. The Kier molecular flexibility index (Phi) is 5.70. The first kappa shape index (κ1) is 18.9. The van der Waals surface area contributed by atoms with Crippen LogP contribution < -0.4 is 10.2 Å². The van der Waals surface area contributed by atoms with Crippen molar-refractivity contribution in [2.75, 3.05) is 31.1 Å². The van der Waals surface area contributed by atoms with Gasteiger partial charge in [0.25, 0.3) is 0 Å². The summed E-state index contributed by atoms with van der Waals surface area (Å²) in [7, 11) is 0. The minimum atomic E-state index is -0.0192. The highest BCUT2D eigenvalue weighted by molar-refractivity contribution is 5.74. The Bertz CT molecular complexity index is 933. The minimum absolute atomic E-state index is 0.0192. The molecular weight excluding hydrogens is 362 g/mol. The molecule has 1 aliphatic heterocycles. The molecule has 2 amide bonds. The van der Waals surface area contributed by atoms with Crippen molar-refractivity contribution in [3.63, 3.8) is 0 Å². The van der Waals surface area contributed by atoms with Crippen LogP contribution in [-0.2, 0) is 6.54 Å². The topological polar surface area (TPSA) is 61.4 Å². The molecule has 2 heterocycles. The molecule has 1 aliphatic rings. The van der Waals surface area contributed by atoms with Crippen LogP contribution in [0.25, 0.3) is 11.3 Å². The van der Waals surface area contributed by atoms with Crippen molar-refractivity contribution in [3.05, 3.63) is 77.9 Å². The van der Waals surface area contributed by atoms with Gasteiger partial charge in [-0.25, -0.2) is 4.79 Å². The van der Waals surface area contributed by atoms with Gasteiger partial charge >= 0.3 is 6.03 Å². The van der Waals surface area contributed by atoms with Crippen molar-refractivity contribution in [2.24, 2.45) is 0 Å². The van der Waals surface area contributed by atoms with E-state index in [1.807, 2.05) is 47.4 Å². The third kappa shape index (κ3) is 4.71. The van der Waals surface area contributed by atoms with Gasteiger partial charge < -0.3 is 15.1 Å². The Balaban J connectivity index is 1.30. The summed E-state index contributed by atoms with van der Waals surface area (Å²) in [5.74, 6) is 0.852. The lowest BCUT2D eigenvalue weighted by Crippen LogP contribution is -2.51. The van der Waals surface area contributed by atoms with Crippen LogP contribution in [0.4, 0.5) is 10.6 Å². The minimum Gasteiger partial charge on any atom is -0.352 e. The predicted molar refractivity (Wildman–Crippen MR) is 115 cm³/mol. The molecule has 6 heteroatoms. The molecule has 0 saturated carbocycles. The summed E-state index contributed by atoms with van der Waals surface area (Å²) >= 11 is 0. The van der Waals surface area contributed by atoms with E-state index >= 15 is 0 Å². The van der Waals surface area contributed by atoms with Crippen LogP contribution in [0.3, 0.4) is 0 Å². The Hall–Kier alpha value is -3.41. The zero-order chi connectivity index (χ0) is 20.1. The number of piperazine rings is 1. The highest BCUT2D eigenvalue weighted by Crippen LogP contribution is 2.20. The number of anilines is 1. The van der Waals surface area contributed by atoms with Gasteiger partial charge in [0.2, 0.25) is 0 Å². The van der Waals surface area contributed by atoms with Gasteiger partial charge in [0.1, 0.15) is 0 Å². The first-order valence-corrected chi connectivity index (χ1v) is 9.91. The van der Waals surface area contributed by atoms with Crippen molar-refractivity contribution in [1.82, 2.24) is 20.4 Å². The maximum absolute atomic E-state index is 12.4. The SMILES string of the molecule is Cc1ccc(-c2ccc(N3CCN(C(=O)NCc4ccccc4)CC3)nn2)cc1. The fourth-order valence-electron chi connectivity index (χ4n) is 3.40. The molecule has 29 heavy (non-hydrogen) atoms. The molecule has 1 saturated heterocycles. The van der Waals surface area contributed by atoms with E-state index in [1.165, 1.54) is 5.56 Å². The third-order valence-electron chi connectivity index (χ3n) is 5.18. The van der Waals surface area contributed by atoms with E-state index in [4.69, 9.17) is 0 Å². The zero-order valence-electron chi connectivity index (χ0n) is 16.6. The van der Waals surface area contributed by atoms with Crippen LogP contribution in [0.2, 0.25) is 0 Å². The smallest absolute Gasteiger partial charge is 0.317 e. The van der Waals surface area contributed by atoms with E-state index in [0.717, 1.165) is 35.7 Å². The summed E-state index contributed by atoms with van der Waals surface area (Å²) in [4.78, 5) is 16.4. The lowest BCUT2D eigenvalue weighted by molar-refractivity contribution is 0.194. The first-order chi connectivity index (χ1) is 14.2. The number of carbonyl (C=O) groups excluding carboxylic acids is 1. The molecule has 4 rings (SSSR count). The Labute approximate surface area is 171 Å². The molecule has 0 unspecified atom stereocenters. The van der Waals surface area contributed by atoms with E-state index in [-0.39, 0.29) is 6.03 Å². The van der Waals surface area contributed by atoms with E-state index in [1.54, 1.807) is 0 Å². The predicted octanol–water partition coefficient (Wildman–Crippen LogP) is 3.48. The van der Waals surface area contributed by atoms with E-state index in [2.05, 4.69) is 51.6 Å². The lowest BCUT2D eigenvalue weighted by Gasteiger charge is -2.35. The molecule has 6 nitrogen and oxygen atoms in total. The van der Waals surface area contributed by atoms with Crippen molar-refractivity contribution < 1.29 is 4.79 Å². The van der Waals surface area contributed by atoms with Gasteiger partial charge in [-0.3, -0.25) is 0 Å². The normalized spacial score (nSPS) is 14.0. The Morgan fingerprint density at radius 3 is 2.28 bits per heavy atom. The fraction of sp³-hybridized carbons (Fsp3) is 0.261. The molecule has 3 aromatic rings. The molecule has 1 aromatic heterocycles. The van der Waals surface area contributed by atoms with Crippen molar-refractivity contribution in [1.29, 1.82) is 0 Å². The molecule has 0 bridgehead atoms. The molecule has 0 atom stereocenters. The first-order valence-electron chi connectivity index (χ1n) is 9.91. The van der Waals surface area contributed by atoms with Crippen molar-refractivity contribution >= 4 is 11.8 Å². The standard InChI is InChI=1S/C23H25N5O/c1-18-7-9-20(10-8-18)21-11-12-22(26-25-21)27-13-15-28(16-14-27)23(29)24-17-19-5-3-2-4-6-19/h2-12H,13-17H2,1H3,(H,24,29). The monoisotopic (exact) mass is 387 g/mol. The largest absolute Gasteiger partial charge is 0.352 e. The number of aryl methyl sites for hydroxylation is 1. The summed E-state index contributed by atoms with van der Waals surface area (Å²) in [5, 5.41) is 11.8. The van der Waals surface area contributed by atoms with Gasteiger partial charge in [-0.05, 0) is 24.6 Å². The summed E-state index contributed by atoms with van der Waals surface area (Å²) in [6.07, 6.45) is 0. The number of hydrogen-bond acceptors (Lipinski definition) is 4. The number of urea groups is 1. The maximum Gasteiger partial charge on any atom is 0.317 e. The summed E-state index contributed by atoms with van der Waals surface area (Å²) in [5.41, 5.74) is 4.26. The van der Waals surface area contributed by atoms with E-state index in [0.29, 0.717) is 19.6 Å². The second-order valence-corrected chi connectivity index (χ2v) is 7.26. The number of rotatable bonds is 4. The highest BCUT2D eigenvalue weighted by Gasteiger charge is 2.22. The van der Waals surface area contributed by atoms with Crippen LogP contribution in [0, 0.1) is 6.92 Å². The number of aromatic nitrogens is 2. The highest BCUT2D eigenvalue weighted by atomic mass is 16.2. The number of nitrogens with one attached hydrogen (secondary N) is 1. The van der Waals surface area contributed by atoms with Gasteiger partial charge in [0.15, 0.2) is 5.82 Å². The van der Waals surface area contributed by atoms with Gasteiger partial charge in [-0.2, -0.15) is 0 Å². The molecule has 1 fully saturated rings. The number of benzene rings is 2. The number of nitrogens with zero attached hydrogens (tertiary/aromatic N) is 4. The van der Waals surface area contributed by atoms with Crippen LogP contribution in [0.5, 0.6) is 0 Å². The van der Waals surface area contributed by atoms with Crippen LogP contribution in [-0.4, -0.2) is 47.3 Å². The molecule has 0 spiro atoms. The van der Waals surface area contributed by atoms with Gasteiger partial charge in [0, 0.05) is 38.3 Å². The van der Waals surface area contributed by atoms with E-state index in [9.17, 15) is 4.79 Å². The second kappa shape index (κ2) is 8.73. The van der Waals surface area contributed by atoms with E-state index < -0.39 is 0 Å². The van der Waals surface area contributed by atoms with Gasteiger partial charge in [-0.15, -0.1) is 10.2 Å². The molecule has 1 N–H and O–H groups in total. The average molecular weight is 387 g/mol. The van der Waals surface area contributed by atoms with Crippen LogP contribution in [0.1, 0.15) is 11.1 Å². The summed E-state index contributed by atoms with van der Waals surface area (Å²) < 4.78 is 0. The second-order valence-electron chi connectivity index (χ2n) is 7.26. The fourth-order valence-corrected chi connectivity index (χ4v) is 3.40. The van der Waals surface area contributed by atoms with Crippen molar-refractivity contribution in [2.45, 2.75) is 13.5 Å².